The van der Waals surface area contributed by atoms with Gasteiger partial charge in [-0.3, -0.25) is 4.79 Å². The number of carbonyl (C=O) groups is 1. The number of hydrogen-bond donors (Lipinski definition) is 4. The van der Waals surface area contributed by atoms with Crippen molar-refractivity contribution in [3.05, 3.63) is 0 Å². The van der Waals surface area contributed by atoms with Gasteiger partial charge >= 0.3 is 0 Å². The Morgan fingerprint density at radius 1 is 1.70 bits per heavy atom. The molecule has 0 aliphatic carbocycles. The molecule has 0 aromatic carbocycles. The van der Waals surface area contributed by atoms with Crippen LogP contribution in [0, 0.1) is 0 Å². The van der Waals surface area contributed by atoms with Crippen LogP contribution < -0.4 is 16.8 Å². The Hall–Kier alpha value is -0.650. The minimum atomic E-state index is -0.827. The van der Waals surface area contributed by atoms with Gasteiger partial charge in [0.05, 0.1) is 6.61 Å². The van der Waals surface area contributed by atoms with Crippen molar-refractivity contribution < 1.29 is 9.90 Å². The molecule has 0 unspecified atom stereocenters. The molecule has 0 aromatic rings. The van der Waals surface area contributed by atoms with E-state index in [9.17, 15) is 4.79 Å². The Balaban J connectivity index is 3.42. The van der Waals surface area contributed by atoms with Gasteiger partial charge in [-0.2, -0.15) is 0 Å². The molecule has 0 bridgehead atoms. The molecule has 10 heavy (non-hydrogen) atoms. The summed E-state index contributed by atoms with van der Waals surface area (Å²) in [4.78, 5) is 10.7. The molecule has 0 heterocycles. The highest BCUT2D eigenvalue weighted by Crippen LogP contribution is 1.73. The first-order valence-corrected chi connectivity index (χ1v) is 3.06. The molecule has 6 N–H and O–H groups in total. The molecule has 0 fully saturated rings. The van der Waals surface area contributed by atoms with Crippen LogP contribution in [0.4, 0.5) is 0 Å². The Labute approximate surface area is 59.4 Å². The molecule has 1 atom stereocenters. The smallest absolute Gasteiger partial charge is 0.239 e. The average Bonchev–Trinajstić information content (AvgIpc) is 1.98. The first-order chi connectivity index (χ1) is 4.72. The molecule has 0 spiro atoms. The van der Waals surface area contributed by atoms with Crippen LogP contribution in [0.2, 0.25) is 0 Å². The summed E-state index contributed by atoms with van der Waals surface area (Å²) in [6.45, 7) is 0.437. The zero-order valence-corrected chi connectivity index (χ0v) is 5.71. The molecule has 0 rings (SSSR count). The fraction of sp³-hybridized carbons (Fsp3) is 0.800. The number of aliphatic hydroxyl groups is 1. The van der Waals surface area contributed by atoms with Crippen LogP contribution in [-0.2, 0) is 4.79 Å². The minimum absolute atomic E-state index is 0.337. The highest BCUT2D eigenvalue weighted by Gasteiger charge is 2.09. The topological polar surface area (TPSA) is 101 Å². The minimum Gasteiger partial charge on any atom is -0.394 e. The van der Waals surface area contributed by atoms with E-state index in [0.717, 1.165) is 0 Å². The van der Waals surface area contributed by atoms with E-state index in [1.54, 1.807) is 0 Å². The maximum absolute atomic E-state index is 10.7. The van der Waals surface area contributed by atoms with E-state index in [-0.39, 0.29) is 12.5 Å². The van der Waals surface area contributed by atoms with E-state index in [1.165, 1.54) is 0 Å². The maximum atomic E-state index is 10.7. The van der Waals surface area contributed by atoms with Crippen LogP contribution in [0.1, 0.15) is 0 Å². The van der Waals surface area contributed by atoms with Crippen molar-refractivity contribution in [2.75, 3.05) is 19.7 Å². The van der Waals surface area contributed by atoms with Crippen LogP contribution in [0.25, 0.3) is 0 Å². The molecule has 1 amide bonds. The van der Waals surface area contributed by atoms with E-state index in [0.29, 0.717) is 13.1 Å². The second-order valence-electron chi connectivity index (χ2n) is 1.87. The molecule has 5 heteroatoms. The third-order valence-electron chi connectivity index (χ3n) is 0.977. The third kappa shape index (κ3) is 3.39. The average molecular weight is 147 g/mol. The predicted molar refractivity (Wildman–Crippen MR) is 37.1 cm³/mol. The molecule has 60 valence electrons. The van der Waals surface area contributed by atoms with Gasteiger partial charge in [0.1, 0.15) is 6.04 Å². The molecule has 0 aliphatic heterocycles. The predicted octanol–water partition coefficient (Wildman–Crippen LogP) is -2.62. The van der Waals surface area contributed by atoms with Crippen LogP contribution in [0.15, 0.2) is 0 Å². The number of hydrogen-bond acceptors (Lipinski definition) is 4. The Morgan fingerprint density at radius 3 is 2.70 bits per heavy atom. The Bertz CT molecular complexity index is 107. The first-order valence-electron chi connectivity index (χ1n) is 3.06. The van der Waals surface area contributed by atoms with Crippen molar-refractivity contribution in [3.8, 4) is 0 Å². The highest BCUT2D eigenvalue weighted by molar-refractivity contribution is 5.81. The van der Waals surface area contributed by atoms with E-state index >= 15 is 0 Å². The highest BCUT2D eigenvalue weighted by atomic mass is 16.3. The fourth-order valence-corrected chi connectivity index (χ4v) is 0.409. The second-order valence-corrected chi connectivity index (χ2v) is 1.87. The largest absolute Gasteiger partial charge is 0.394 e. The van der Waals surface area contributed by atoms with Gasteiger partial charge in [0.25, 0.3) is 0 Å². The van der Waals surface area contributed by atoms with Gasteiger partial charge in [-0.15, -0.1) is 0 Å². The zero-order chi connectivity index (χ0) is 7.98. The summed E-state index contributed by atoms with van der Waals surface area (Å²) in [6.07, 6.45) is 0. The summed E-state index contributed by atoms with van der Waals surface area (Å²) in [5.41, 5.74) is 10.3. The summed E-state index contributed by atoms with van der Waals surface area (Å²) in [5, 5.41) is 10.8. The number of amides is 1. The summed E-state index contributed by atoms with van der Waals surface area (Å²) < 4.78 is 0. The standard InChI is InChI=1S/C5H13N3O2/c6-1-2-8-5(10)4(7)3-9/h4,9H,1-3,6-7H2,(H,8,10)/t4-/m0/s1. The second kappa shape index (κ2) is 5.16. The summed E-state index contributed by atoms with van der Waals surface area (Å²) in [7, 11) is 0. The van der Waals surface area contributed by atoms with Crippen LogP contribution in [0.3, 0.4) is 0 Å². The lowest BCUT2D eigenvalue weighted by Crippen LogP contribution is -2.44. The van der Waals surface area contributed by atoms with Crippen molar-refractivity contribution in [3.63, 3.8) is 0 Å². The van der Waals surface area contributed by atoms with Gasteiger partial charge in [0.2, 0.25) is 5.91 Å². The molecule has 0 saturated carbocycles. The van der Waals surface area contributed by atoms with Crippen LogP contribution >= 0.6 is 0 Å². The van der Waals surface area contributed by atoms with Crippen molar-refractivity contribution >= 4 is 5.91 Å². The maximum Gasteiger partial charge on any atom is 0.239 e. The summed E-state index contributed by atoms with van der Waals surface area (Å²) >= 11 is 0. The van der Waals surface area contributed by atoms with Gasteiger partial charge in [-0.25, -0.2) is 0 Å². The Kier molecular flexibility index (Phi) is 4.82. The third-order valence-corrected chi connectivity index (χ3v) is 0.977. The normalized spacial score (nSPS) is 12.7. The molecule has 0 aromatic heterocycles. The van der Waals surface area contributed by atoms with Crippen LogP contribution in [0.5, 0.6) is 0 Å². The van der Waals surface area contributed by atoms with Crippen molar-refractivity contribution in [1.29, 1.82) is 0 Å². The van der Waals surface area contributed by atoms with Gasteiger partial charge in [-0.1, -0.05) is 0 Å². The lowest BCUT2D eigenvalue weighted by Gasteiger charge is -2.07. The van der Waals surface area contributed by atoms with Gasteiger partial charge < -0.3 is 21.9 Å². The quantitative estimate of drug-likeness (QED) is 0.349. The summed E-state index contributed by atoms with van der Waals surface area (Å²) in [6, 6.07) is -0.827. The van der Waals surface area contributed by atoms with E-state index in [4.69, 9.17) is 16.6 Å². The van der Waals surface area contributed by atoms with Crippen molar-refractivity contribution in [2.45, 2.75) is 6.04 Å². The molecule has 0 radical (unpaired) electrons. The van der Waals surface area contributed by atoms with E-state index < -0.39 is 6.04 Å². The van der Waals surface area contributed by atoms with Gasteiger partial charge in [0, 0.05) is 13.1 Å². The number of nitrogens with one attached hydrogen (secondary N) is 1. The van der Waals surface area contributed by atoms with Crippen molar-refractivity contribution in [2.24, 2.45) is 11.5 Å². The van der Waals surface area contributed by atoms with Crippen LogP contribution in [-0.4, -0.2) is 36.8 Å². The molecule has 0 saturated heterocycles. The fourth-order valence-electron chi connectivity index (χ4n) is 0.409. The van der Waals surface area contributed by atoms with E-state index in [2.05, 4.69) is 5.32 Å². The van der Waals surface area contributed by atoms with Gasteiger partial charge in [0.15, 0.2) is 0 Å². The SMILES string of the molecule is NCCNC(=O)[C@@H](N)CO. The lowest BCUT2D eigenvalue weighted by molar-refractivity contribution is -0.123. The number of nitrogens with two attached hydrogens (primary N) is 2. The lowest BCUT2D eigenvalue weighted by atomic mass is 10.3. The van der Waals surface area contributed by atoms with E-state index in [1.807, 2.05) is 0 Å². The first kappa shape index (κ1) is 9.35. The zero-order valence-electron chi connectivity index (χ0n) is 5.71. The van der Waals surface area contributed by atoms with Gasteiger partial charge in [-0.05, 0) is 0 Å². The molecular weight excluding hydrogens is 134 g/mol. The number of rotatable bonds is 4. The monoisotopic (exact) mass is 147 g/mol. The Morgan fingerprint density at radius 2 is 2.30 bits per heavy atom. The van der Waals surface area contributed by atoms with Crippen molar-refractivity contribution in [1.82, 2.24) is 5.32 Å². The molecular formula is C5H13N3O2. The number of aliphatic hydroxyl groups excluding tert-OH is 1. The molecule has 0 aliphatic rings. The molecule has 5 nitrogen and oxygen atoms in total. The summed E-state index contributed by atoms with van der Waals surface area (Å²) in [5.74, 6) is -0.368. The number of carbonyl (C=O) groups excluding carboxylic acids is 1.